The van der Waals surface area contributed by atoms with Crippen molar-refractivity contribution >= 4 is 29.1 Å². The summed E-state index contributed by atoms with van der Waals surface area (Å²) in [6.07, 6.45) is 1.77. The predicted molar refractivity (Wildman–Crippen MR) is 136 cm³/mol. The monoisotopic (exact) mass is 529 g/mol. The van der Waals surface area contributed by atoms with Gasteiger partial charge in [0.2, 0.25) is 0 Å². The fourth-order valence-corrected chi connectivity index (χ4v) is 5.72. The predicted octanol–water partition coefficient (Wildman–Crippen LogP) is 3.31. The third-order valence-corrected chi connectivity index (χ3v) is 8.00. The number of fused-ring (bicyclic) bond motifs is 4. The highest BCUT2D eigenvalue weighted by Crippen LogP contribution is 2.47. The lowest BCUT2D eigenvalue weighted by molar-refractivity contribution is -0.137. The van der Waals surface area contributed by atoms with E-state index >= 15 is 0 Å². The third-order valence-electron chi connectivity index (χ3n) is 7.70. The van der Waals surface area contributed by atoms with Gasteiger partial charge in [-0.05, 0) is 74.9 Å². The average molecular weight is 530 g/mol. The third kappa shape index (κ3) is 5.29. The molecule has 0 unspecified atom stereocenters. The van der Waals surface area contributed by atoms with E-state index in [1.54, 1.807) is 0 Å². The van der Waals surface area contributed by atoms with Crippen LogP contribution in [0.1, 0.15) is 50.2 Å². The summed E-state index contributed by atoms with van der Waals surface area (Å²) in [7, 11) is 0. The van der Waals surface area contributed by atoms with Crippen molar-refractivity contribution in [1.29, 1.82) is 0 Å². The number of aliphatic imine (C=N–C) groups is 1. The quantitative estimate of drug-likeness (QED) is 0.486. The van der Waals surface area contributed by atoms with Crippen molar-refractivity contribution in [1.82, 2.24) is 10.6 Å². The fraction of sp³-hybridized carbons (Fsp3) is 0.444. The van der Waals surface area contributed by atoms with Crippen LogP contribution in [0, 0.1) is 5.82 Å². The van der Waals surface area contributed by atoms with Crippen molar-refractivity contribution in [3.63, 3.8) is 0 Å². The lowest BCUT2D eigenvalue weighted by atomic mass is 9.60. The molecule has 2 aromatic carbocycles. The van der Waals surface area contributed by atoms with Gasteiger partial charge in [-0.25, -0.2) is 4.39 Å². The Morgan fingerprint density at radius 3 is 2.38 bits per heavy atom. The molecule has 0 radical (unpaired) electrons. The van der Waals surface area contributed by atoms with Gasteiger partial charge in [0.25, 0.3) is 11.8 Å². The molecular formula is C27H29ClFN3O5. The molecule has 1 aliphatic heterocycles. The molecule has 2 amide bonds. The summed E-state index contributed by atoms with van der Waals surface area (Å²) in [5.74, 6) is -0.469. The molecule has 8 nitrogen and oxygen atoms in total. The van der Waals surface area contributed by atoms with E-state index < -0.39 is 23.0 Å². The molecule has 6 rings (SSSR count). The maximum absolute atomic E-state index is 13.6. The zero-order valence-electron chi connectivity index (χ0n) is 20.5. The number of halogens is 2. The highest BCUT2D eigenvalue weighted by molar-refractivity contribution is 6.30. The number of aliphatic hydroxyl groups excluding tert-OH is 1. The van der Waals surface area contributed by atoms with E-state index in [1.807, 2.05) is 25.1 Å². The van der Waals surface area contributed by atoms with Crippen molar-refractivity contribution in [2.75, 3.05) is 13.2 Å². The van der Waals surface area contributed by atoms with Crippen LogP contribution in [0.15, 0.2) is 41.4 Å². The van der Waals surface area contributed by atoms with Gasteiger partial charge in [-0.15, -0.1) is 0 Å². The SMILES string of the molecule is CC1=NCc2cc(OCC(=O)NC34CCC(NC(=O)COc5ccc(Cl)c(F)c5)(CC3)C[C@@H]4O)ccc21. The Hall–Kier alpha value is -3.17. The minimum absolute atomic E-state index is 0.0235. The number of nitrogens with one attached hydrogen (secondary N) is 2. The highest BCUT2D eigenvalue weighted by atomic mass is 35.5. The number of aliphatic hydroxyl groups is 1. The van der Waals surface area contributed by atoms with Crippen molar-refractivity contribution in [3.8, 4) is 11.5 Å². The number of amides is 2. The fourth-order valence-electron chi connectivity index (χ4n) is 5.60. The summed E-state index contributed by atoms with van der Waals surface area (Å²) in [4.78, 5) is 29.7. The Labute approximate surface area is 219 Å². The van der Waals surface area contributed by atoms with Crippen molar-refractivity contribution in [2.24, 2.45) is 4.99 Å². The van der Waals surface area contributed by atoms with E-state index in [0.29, 0.717) is 44.4 Å². The molecule has 2 bridgehead atoms. The molecule has 0 saturated heterocycles. The second-order valence-electron chi connectivity index (χ2n) is 10.1. The lowest BCUT2D eigenvalue weighted by Gasteiger charge is -2.56. The van der Waals surface area contributed by atoms with Crippen LogP contribution in [0.4, 0.5) is 4.39 Å². The molecule has 10 heteroatoms. The molecule has 196 valence electrons. The minimum atomic E-state index is -0.814. The molecule has 3 saturated carbocycles. The van der Waals surface area contributed by atoms with Crippen LogP contribution in [0.3, 0.4) is 0 Å². The van der Waals surface area contributed by atoms with Crippen molar-refractivity contribution < 1.29 is 28.6 Å². The molecule has 1 heterocycles. The zero-order valence-corrected chi connectivity index (χ0v) is 21.2. The second-order valence-corrected chi connectivity index (χ2v) is 10.5. The summed E-state index contributed by atoms with van der Waals surface area (Å²) in [6, 6.07) is 9.66. The number of carbonyl (C=O) groups is 2. The Morgan fingerprint density at radius 1 is 1.05 bits per heavy atom. The number of hydrogen-bond acceptors (Lipinski definition) is 6. The number of carbonyl (C=O) groups excluding carboxylic acids is 2. The molecule has 37 heavy (non-hydrogen) atoms. The first-order chi connectivity index (χ1) is 17.7. The second kappa shape index (κ2) is 9.95. The van der Waals surface area contributed by atoms with Gasteiger partial charge in [0.1, 0.15) is 17.3 Å². The molecule has 3 N–H and O–H groups in total. The first-order valence-corrected chi connectivity index (χ1v) is 12.7. The maximum Gasteiger partial charge on any atom is 0.258 e. The number of ether oxygens (including phenoxy) is 2. The van der Waals surface area contributed by atoms with E-state index in [9.17, 15) is 19.1 Å². The summed E-state index contributed by atoms with van der Waals surface area (Å²) in [6.45, 7) is 2.14. The van der Waals surface area contributed by atoms with E-state index in [0.717, 1.165) is 22.9 Å². The van der Waals surface area contributed by atoms with Crippen LogP contribution in [0.5, 0.6) is 11.5 Å². The number of nitrogens with zero attached hydrogens (tertiary/aromatic N) is 1. The van der Waals surface area contributed by atoms with Crippen LogP contribution in [0.25, 0.3) is 0 Å². The normalized spacial score (nSPS) is 25.7. The van der Waals surface area contributed by atoms with Crippen LogP contribution < -0.4 is 20.1 Å². The van der Waals surface area contributed by atoms with E-state index in [1.165, 1.54) is 12.1 Å². The van der Waals surface area contributed by atoms with Crippen LogP contribution in [-0.2, 0) is 16.1 Å². The average Bonchev–Trinajstić information content (AvgIpc) is 3.24. The Morgan fingerprint density at radius 2 is 1.70 bits per heavy atom. The van der Waals surface area contributed by atoms with Gasteiger partial charge in [0, 0.05) is 22.9 Å². The van der Waals surface area contributed by atoms with Gasteiger partial charge in [-0.2, -0.15) is 0 Å². The molecule has 0 spiro atoms. The van der Waals surface area contributed by atoms with Gasteiger partial charge in [-0.3, -0.25) is 14.6 Å². The van der Waals surface area contributed by atoms with Gasteiger partial charge in [0.15, 0.2) is 13.2 Å². The molecular weight excluding hydrogens is 501 g/mol. The molecule has 3 aliphatic carbocycles. The Kier molecular flexibility index (Phi) is 6.85. The molecule has 3 fully saturated rings. The molecule has 4 aliphatic rings. The van der Waals surface area contributed by atoms with Gasteiger partial charge < -0.3 is 25.2 Å². The Bertz CT molecular complexity index is 1260. The lowest BCUT2D eigenvalue weighted by Crippen LogP contribution is -2.70. The van der Waals surface area contributed by atoms with Crippen molar-refractivity contribution in [2.45, 2.75) is 62.8 Å². The van der Waals surface area contributed by atoms with Gasteiger partial charge in [-0.1, -0.05) is 11.6 Å². The van der Waals surface area contributed by atoms with Gasteiger partial charge >= 0.3 is 0 Å². The summed E-state index contributed by atoms with van der Waals surface area (Å²) < 4.78 is 24.7. The van der Waals surface area contributed by atoms with E-state index in [-0.39, 0.29) is 35.8 Å². The largest absolute Gasteiger partial charge is 0.484 e. The van der Waals surface area contributed by atoms with Gasteiger partial charge in [0.05, 0.1) is 23.2 Å². The van der Waals surface area contributed by atoms with Crippen molar-refractivity contribution in [3.05, 3.63) is 58.4 Å². The number of benzene rings is 2. The van der Waals surface area contributed by atoms with E-state index in [4.69, 9.17) is 21.1 Å². The summed E-state index contributed by atoms with van der Waals surface area (Å²) in [5, 5.41) is 16.9. The Balaban J connectivity index is 1.11. The van der Waals surface area contributed by atoms with E-state index in [2.05, 4.69) is 15.6 Å². The van der Waals surface area contributed by atoms with Crippen LogP contribution >= 0.6 is 11.6 Å². The number of rotatable bonds is 8. The van der Waals surface area contributed by atoms with Crippen LogP contribution in [-0.4, -0.2) is 53.0 Å². The minimum Gasteiger partial charge on any atom is -0.484 e. The highest BCUT2D eigenvalue weighted by Gasteiger charge is 2.55. The maximum atomic E-state index is 13.6. The first-order valence-electron chi connectivity index (χ1n) is 12.3. The zero-order chi connectivity index (χ0) is 26.2. The molecule has 2 aromatic rings. The van der Waals surface area contributed by atoms with Crippen LogP contribution in [0.2, 0.25) is 5.02 Å². The summed E-state index contributed by atoms with van der Waals surface area (Å²) in [5.41, 5.74) is 1.86. The topological polar surface area (TPSA) is 109 Å². The summed E-state index contributed by atoms with van der Waals surface area (Å²) >= 11 is 5.67. The number of hydrogen-bond donors (Lipinski definition) is 3. The molecule has 0 aromatic heterocycles. The smallest absolute Gasteiger partial charge is 0.258 e. The first kappa shape index (κ1) is 25.5. The standard InChI is InChI=1S/C27H29ClFN3O5/c1-16-20-4-2-18(10-17(20)13-30-16)36-15-25(35)32-27-8-6-26(7-9-27,12-23(27)33)31-24(34)14-37-19-3-5-21(28)22(29)11-19/h2-5,10-11,23,33H,6-9,12-15H2,1H3,(H,31,34)(H,32,35)/t23-,26?,27?/m0/s1. The molecule has 1 atom stereocenters.